The Bertz CT molecular complexity index is 505. The van der Waals surface area contributed by atoms with Crippen molar-refractivity contribution in [2.24, 2.45) is 0 Å². The smallest absolute Gasteiger partial charge is 0.138 e. The third-order valence-electron chi connectivity index (χ3n) is 1.96. The number of pyridine rings is 1. The van der Waals surface area contributed by atoms with Gasteiger partial charge in [-0.25, -0.2) is 4.98 Å². The Labute approximate surface area is 84.7 Å². The molecule has 0 atom stereocenters. The van der Waals surface area contributed by atoms with Crippen molar-refractivity contribution in [1.29, 1.82) is 0 Å². The highest BCUT2D eigenvalue weighted by molar-refractivity contribution is 9.10. The fourth-order valence-corrected chi connectivity index (χ4v) is 1.61. The topological polar surface area (TPSA) is 17.3 Å². The molecular weight excluding hydrogens is 228 g/mol. The molecule has 0 amide bonds. The highest BCUT2D eigenvalue weighted by Crippen LogP contribution is 2.15. The predicted octanol–water partition coefficient (Wildman–Crippen LogP) is 2.39. The summed E-state index contributed by atoms with van der Waals surface area (Å²) in [4.78, 5) is 4.28. The molecule has 13 heavy (non-hydrogen) atoms. The van der Waals surface area contributed by atoms with Crippen LogP contribution in [0, 0.1) is 19.3 Å². The minimum atomic E-state index is 0.707. The van der Waals surface area contributed by atoms with Crippen LogP contribution in [-0.2, 0) is 0 Å². The van der Waals surface area contributed by atoms with Gasteiger partial charge in [0, 0.05) is 10.7 Å². The lowest BCUT2D eigenvalue weighted by Crippen LogP contribution is -1.86. The summed E-state index contributed by atoms with van der Waals surface area (Å²) in [6.45, 7) is 1.96. The Morgan fingerprint density at radius 1 is 1.54 bits per heavy atom. The minimum absolute atomic E-state index is 0.707. The van der Waals surface area contributed by atoms with E-state index in [1.807, 2.05) is 29.7 Å². The van der Waals surface area contributed by atoms with Gasteiger partial charge >= 0.3 is 0 Å². The molecule has 0 aliphatic heterocycles. The van der Waals surface area contributed by atoms with Crippen molar-refractivity contribution in [2.45, 2.75) is 6.92 Å². The van der Waals surface area contributed by atoms with Crippen molar-refractivity contribution >= 4 is 21.6 Å². The van der Waals surface area contributed by atoms with Crippen LogP contribution in [0.3, 0.4) is 0 Å². The molecule has 0 saturated heterocycles. The third-order valence-corrected chi connectivity index (χ3v) is 2.43. The van der Waals surface area contributed by atoms with Crippen molar-refractivity contribution in [1.82, 2.24) is 9.38 Å². The van der Waals surface area contributed by atoms with Gasteiger partial charge in [-0.1, -0.05) is 0 Å². The minimum Gasteiger partial charge on any atom is -0.302 e. The van der Waals surface area contributed by atoms with Crippen LogP contribution in [0.2, 0.25) is 0 Å². The summed E-state index contributed by atoms with van der Waals surface area (Å²) < 4.78 is 2.99. The van der Waals surface area contributed by atoms with Gasteiger partial charge in [-0.2, -0.15) is 0 Å². The molecule has 2 aromatic rings. The van der Waals surface area contributed by atoms with Crippen LogP contribution in [0.15, 0.2) is 22.8 Å². The number of hydrogen-bond acceptors (Lipinski definition) is 1. The normalized spacial score (nSPS) is 10.2. The van der Waals surface area contributed by atoms with Gasteiger partial charge in [0.1, 0.15) is 11.3 Å². The first-order chi connectivity index (χ1) is 6.22. The van der Waals surface area contributed by atoms with Crippen LogP contribution in [0.5, 0.6) is 0 Å². The van der Waals surface area contributed by atoms with Crippen molar-refractivity contribution in [3.05, 3.63) is 34.2 Å². The van der Waals surface area contributed by atoms with Crippen LogP contribution >= 0.6 is 15.9 Å². The van der Waals surface area contributed by atoms with Gasteiger partial charge in [-0.15, -0.1) is 6.42 Å². The second-order valence-corrected chi connectivity index (χ2v) is 3.68. The Morgan fingerprint density at radius 3 is 3.00 bits per heavy atom. The number of hydrogen-bond donors (Lipinski definition) is 0. The Kier molecular flexibility index (Phi) is 1.86. The van der Waals surface area contributed by atoms with E-state index in [1.54, 1.807) is 0 Å². The fraction of sp³-hybridized carbons (Fsp3) is 0.100. The molecule has 0 radical (unpaired) electrons. The van der Waals surface area contributed by atoms with Gasteiger partial charge < -0.3 is 4.40 Å². The van der Waals surface area contributed by atoms with E-state index in [2.05, 4.69) is 26.8 Å². The lowest BCUT2D eigenvalue weighted by atomic mass is 10.3. The molecular formula is C10H7BrN2. The summed E-state index contributed by atoms with van der Waals surface area (Å²) in [6.07, 6.45) is 7.27. The summed E-state index contributed by atoms with van der Waals surface area (Å²) in [5, 5.41) is 0. The first kappa shape index (κ1) is 8.33. The summed E-state index contributed by atoms with van der Waals surface area (Å²) in [5.41, 5.74) is 2.59. The number of halogens is 1. The molecule has 0 aliphatic rings. The molecule has 2 rings (SSSR count). The van der Waals surface area contributed by atoms with E-state index in [0.29, 0.717) is 5.69 Å². The molecule has 2 aromatic heterocycles. The number of fused-ring (bicyclic) bond motifs is 1. The first-order valence-corrected chi connectivity index (χ1v) is 4.62. The molecule has 0 N–H and O–H groups in total. The number of rotatable bonds is 0. The molecule has 64 valence electrons. The van der Waals surface area contributed by atoms with Gasteiger partial charge in [0.05, 0.1) is 5.69 Å². The zero-order valence-electron chi connectivity index (χ0n) is 7.08. The van der Waals surface area contributed by atoms with Crippen LogP contribution < -0.4 is 0 Å². The van der Waals surface area contributed by atoms with E-state index in [-0.39, 0.29) is 0 Å². The third kappa shape index (κ3) is 1.24. The average molecular weight is 235 g/mol. The summed E-state index contributed by atoms with van der Waals surface area (Å²) >= 11 is 3.40. The molecule has 0 aliphatic carbocycles. The van der Waals surface area contributed by atoms with Crippen molar-refractivity contribution in [2.75, 3.05) is 0 Å². The number of nitrogens with zero attached hydrogens (tertiary/aromatic N) is 2. The highest BCUT2D eigenvalue weighted by atomic mass is 79.9. The molecule has 0 bridgehead atoms. The highest BCUT2D eigenvalue weighted by Gasteiger charge is 2.04. The van der Waals surface area contributed by atoms with Crippen LogP contribution in [-0.4, -0.2) is 9.38 Å². The number of terminal acetylenes is 1. The molecule has 2 nitrogen and oxygen atoms in total. The Hall–Kier alpha value is -1.27. The molecule has 0 aromatic carbocycles. The van der Waals surface area contributed by atoms with Crippen molar-refractivity contribution in [3.8, 4) is 12.3 Å². The molecule has 0 fully saturated rings. The van der Waals surface area contributed by atoms with E-state index in [1.165, 1.54) is 0 Å². The summed E-state index contributed by atoms with van der Waals surface area (Å²) in [6, 6.07) is 3.87. The van der Waals surface area contributed by atoms with Crippen LogP contribution in [0.1, 0.15) is 11.4 Å². The average Bonchev–Trinajstić information content (AvgIpc) is 2.44. The quantitative estimate of drug-likeness (QED) is 0.641. The van der Waals surface area contributed by atoms with E-state index in [4.69, 9.17) is 6.42 Å². The molecule has 0 spiro atoms. The maximum Gasteiger partial charge on any atom is 0.138 e. The molecule has 2 heterocycles. The SMILES string of the molecule is C#Cc1nc2ccc(Br)cn2c1C. The molecule has 0 saturated carbocycles. The van der Waals surface area contributed by atoms with Gasteiger partial charge in [-0.3, -0.25) is 0 Å². The van der Waals surface area contributed by atoms with Gasteiger partial charge in [0.15, 0.2) is 0 Å². The van der Waals surface area contributed by atoms with Crippen LogP contribution in [0.4, 0.5) is 0 Å². The lowest BCUT2D eigenvalue weighted by molar-refractivity contribution is 1.10. The monoisotopic (exact) mass is 234 g/mol. The molecule has 3 heteroatoms. The first-order valence-electron chi connectivity index (χ1n) is 3.83. The number of aromatic nitrogens is 2. The summed E-state index contributed by atoms with van der Waals surface area (Å²) in [5.74, 6) is 2.56. The van der Waals surface area contributed by atoms with Crippen molar-refractivity contribution in [3.63, 3.8) is 0 Å². The predicted molar refractivity (Wildman–Crippen MR) is 55.6 cm³/mol. The van der Waals surface area contributed by atoms with Crippen molar-refractivity contribution < 1.29 is 0 Å². The second kappa shape index (κ2) is 2.90. The molecule has 0 unspecified atom stereocenters. The Balaban J connectivity index is 2.87. The zero-order valence-corrected chi connectivity index (χ0v) is 8.67. The summed E-state index contributed by atoms with van der Waals surface area (Å²) in [7, 11) is 0. The van der Waals surface area contributed by atoms with Gasteiger partial charge in [-0.05, 0) is 40.9 Å². The van der Waals surface area contributed by atoms with E-state index in [9.17, 15) is 0 Å². The Morgan fingerprint density at radius 2 is 2.31 bits per heavy atom. The number of imidazole rings is 1. The number of aryl methyl sites for hydroxylation is 1. The van der Waals surface area contributed by atoms with Gasteiger partial charge in [0.2, 0.25) is 0 Å². The maximum absolute atomic E-state index is 5.32. The zero-order chi connectivity index (χ0) is 9.42. The second-order valence-electron chi connectivity index (χ2n) is 2.77. The largest absolute Gasteiger partial charge is 0.302 e. The van der Waals surface area contributed by atoms with E-state index < -0.39 is 0 Å². The van der Waals surface area contributed by atoms with Crippen LogP contribution in [0.25, 0.3) is 5.65 Å². The lowest BCUT2D eigenvalue weighted by Gasteiger charge is -1.95. The van der Waals surface area contributed by atoms with Gasteiger partial charge in [0.25, 0.3) is 0 Å². The fourth-order valence-electron chi connectivity index (χ4n) is 1.27. The maximum atomic E-state index is 5.32. The standard InChI is InChI=1S/C10H7BrN2/c1-3-9-7(2)13-6-8(11)4-5-10(13)12-9/h1,4-6H,2H3. The van der Waals surface area contributed by atoms with E-state index >= 15 is 0 Å². The van der Waals surface area contributed by atoms with E-state index in [0.717, 1.165) is 15.8 Å².